The van der Waals surface area contributed by atoms with E-state index in [0.717, 1.165) is 36.1 Å². The number of anilines is 2. The Hall–Kier alpha value is -2.88. The summed E-state index contributed by atoms with van der Waals surface area (Å²) in [5.41, 5.74) is 1.72. The van der Waals surface area contributed by atoms with Gasteiger partial charge in [-0.15, -0.1) is 0 Å². The molecule has 2 aliphatic heterocycles. The second kappa shape index (κ2) is 8.72. The maximum atomic E-state index is 12.7. The molecule has 10 heteroatoms. The smallest absolute Gasteiger partial charge is 0.410 e. The van der Waals surface area contributed by atoms with Crippen LogP contribution in [0.2, 0.25) is 0 Å². The Bertz CT molecular complexity index is 1210. The molecule has 3 heterocycles. The number of ether oxygens (including phenoxy) is 2. The Balaban J connectivity index is 1.50. The lowest BCUT2D eigenvalue weighted by molar-refractivity contribution is 0.0180. The first-order valence-electron chi connectivity index (χ1n) is 11.4. The molecule has 2 fully saturated rings. The molecule has 1 amide bonds. The highest BCUT2D eigenvalue weighted by Crippen LogP contribution is 2.41. The van der Waals surface area contributed by atoms with Gasteiger partial charge in [0.05, 0.1) is 16.5 Å². The number of aryl methyl sites for hydroxylation is 1. The van der Waals surface area contributed by atoms with Crippen LogP contribution in [0, 0.1) is 13.8 Å². The molecule has 184 valence electrons. The van der Waals surface area contributed by atoms with E-state index in [4.69, 9.17) is 9.47 Å². The molecule has 2 saturated heterocycles. The zero-order chi connectivity index (χ0) is 24.8. The van der Waals surface area contributed by atoms with Gasteiger partial charge in [-0.2, -0.15) is 0 Å². The number of carbonyl (C=O) groups is 1. The van der Waals surface area contributed by atoms with Crippen LogP contribution in [0.4, 0.5) is 16.3 Å². The highest BCUT2D eigenvalue weighted by Gasteiger charge is 2.51. The lowest BCUT2D eigenvalue weighted by Gasteiger charge is -2.28. The van der Waals surface area contributed by atoms with Gasteiger partial charge < -0.3 is 14.8 Å². The van der Waals surface area contributed by atoms with E-state index in [9.17, 15) is 13.2 Å². The normalized spacial score (nSPS) is 22.1. The summed E-state index contributed by atoms with van der Waals surface area (Å²) in [7, 11) is -3.28. The molecule has 1 N–H and O–H groups in total. The van der Waals surface area contributed by atoms with E-state index in [2.05, 4.69) is 15.3 Å². The van der Waals surface area contributed by atoms with Gasteiger partial charge >= 0.3 is 6.09 Å². The number of benzene rings is 1. The molecule has 3 atom stereocenters. The predicted molar refractivity (Wildman–Crippen MR) is 128 cm³/mol. The summed E-state index contributed by atoms with van der Waals surface area (Å²) in [6, 6.07) is 4.99. The molecule has 0 aliphatic carbocycles. The Kier molecular flexibility index (Phi) is 6.22. The minimum absolute atomic E-state index is 0.0450. The van der Waals surface area contributed by atoms with Gasteiger partial charge in [0, 0.05) is 24.4 Å². The van der Waals surface area contributed by atoms with Gasteiger partial charge in [0.25, 0.3) is 0 Å². The zero-order valence-corrected chi connectivity index (χ0v) is 21.3. The quantitative estimate of drug-likeness (QED) is 0.668. The van der Waals surface area contributed by atoms with Crippen molar-refractivity contribution < 1.29 is 22.7 Å². The van der Waals surface area contributed by atoms with Crippen molar-refractivity contribution in [2.24, 2.45) is 0 Å². The van der Waals surface area contributed by atoms with E-state index in [1.807, 2.05) is 39.5 Å². The van der Waals surface area contributed by atoms with Crippen molar-refractivity contribution >= 4 is 27.4 Å². The number of fused-ring (bicyclic) bond motifs is 2. The average Bonchev–Trinajstić information content (AvgIpc) is 3.28. The van der Waals surface area contributed by atoms with Crippen LogP contribution in [0.3, 0.4) is 0 Å². The van der Waals surface area contributed by atoms with Crippen LogP contribution < -0.4 is 10.1 Å². The number of carbonyl (C=O) groups excluding carboxylic acids is 1. The molecule has 0 saturated carbocycles. The third-order valence-corrected chi connectivity index (χ3v) is 7.37. The Labute approximate surface area is 200 Å². The van der Waals surface area contributed by atoms with Crippen LogP contribution in [0.15, 0.2) is 29.4 Å². The number of hydrogen-bond donors (Lipinski definition) is 1. The first-order chi connectivity index (χ1) is 15.8. The fourth-order valence-electron chi connectivity index (χ4n) is 4.62. The zero-order valence-electron chi connectivity index (χ0n) is 20.5. The Morgan fingerprint density at radius 2 is 1.91 bits per heavy atom. The van der Waals surface area contributed by atoms with Crippen LogP contribution in [-0.2, 0) is 14.6 Å². The third-order valence-electron chi connectivity index (χ3n) is 6.26. The van der Waals surface area contributed by atoms with Gasteiger partial charge in [-0.05, 0) is 71.2 Å². The summed E-state index contributed by atoms with van der Waals surface area (Å²) in [6.45, 7) is 9.31. The van der Waals surface area contributed by atoms with Gasteiger partial charge in [-0.1, -0.05) is 0 Å². The monoisotopic (exact) mass is 488 g/mol. The van der Waals surface area contributed by atoms with Crippen molar-refractivity contribution in [3.8, 4) is 5.88 Å². The molecule has 2 aromatic rings. The lowest BCUT2D eigenvalue weighted by atomic mass is 9.98. The van der Waals surface area contributed by atoms with E-state index in [0.29, 0.717) is 11.7 Å². The Morgan fingerprint density at radius 1 is 1.18 bits per heavy atom. The molecule has 0 spiro atoms. The van der Waals surface area contributed by atoms with Gasteiger partial charge in [0.1, 0.15) is 23.9 Å². The summed E-state index contributed by atoms with van der Waals surface area (Å²) in [5, 5.41) is 3.26. The highest BCUT2D eigenvalue weighted by atomic mass is 32.2. The van der Waals surface area contributed by atoms with E-state index in [-0.39, 0.29) is 29.2 Å². The van der Waals surface area contributed by atoms with Crippen molar-refractivity contribution in [3.63, 3.8) is 0 Å². The summed E-state index contributed by atoms with van der Waals surface area (Å²) in [5.74, 6) is 1.04. The summed E-state index contributed by atoms with van der Waals surface area (Å²) < 4.78 is 35.5. The number of nitrogens with zero attached hydrogens (tertiary/aromatic N) is 3. The molecule has 1 aromatic heterocycles. The van der Waals surface area contributed by atoms with E-state index >= 15 is 0 Å². The van der Waals surface area contributed by atoms with E-state index in [1.165, 1.54) is 12.6 Å². The highest BCUT2D eigenvalue weighted by molar-refractivity contribution is 7.90. The Morgan fingerprint density at radius 3 is 2.56 bits per heavy atom. The molecule has 34 heavy (non-hydrogen) atoms. The SMILES string of the molecule is Cc1cc(S(C)(=O)=O)ccc1Nc1ncnc(O[C@H]2CC3CCC2N3C(=O)OC(C)(C)C)c1C. The van der Waals surface area contributed by atoms with Crippen molar-refractivity contribution in [1.29, 1.82) is 0 Å². The largest absolute Gasteiger partial charge is 0.472 e. The summed E-state index contributed by atoms with van der Waals surface area (Å²) in [6.07, 6.45) is 4.72. The fourth-order valence-corrected chi connectivity index (χ4v) is 5.32. The van der Waals surface area contributed by atoms with Gasteiger partial charge in [-0.3, -0.25) is 4.90 Å². The number of nitrogens with one attached hydrogen (secondary N) is 1. The molecule has 9 nitrogen and oxygen atoms in total. The first kappa shape index (κ1) is 24.3. The molecule has 0 radical (unpaired) electrons. The second-order valence-electron chi connectivity index (χ2n) is 10.1. The topological polar surface area (TPSA) is 111 Å². The van der Waals surface area contributed by atoms with Crippen molar-refractivity contribution in [2.45, 2.75) is 82.6 Å². The number of sulfone groups is 1. The molecule has 2 unspecified atom stereocenters. The van der Waals surface area contributed by atoms with E-state index in [1.54, 1.807) is 18.2 Å². The second-order valence-corrected chi connectivity index (χ2v) is 12.1. The van der Waals surface area contributed by atoms with Crippen molar-refractivity contribution in [2.75, 3.05) is 11.6 Å². The fraction of sp³-hybridized carbons (Fsp3) is 0.542. The molecule has 2 bridgehead atoms. The first-order valence-corrected chi connectivity index (χ1v) is 13.3. The van der Waals surface area contributed by atoms with Gasteiger partial charge in [-0.25, -0.2) is 23.2 Å². The number of hydrogen-bond acceptors (Lipinski definition) is 8. The van der Waals surface area contributed by atoms with E-state index < -0.39 is 15.4 Å². The average molecular weight is 489 g/mol. The van der Waals surface area contributed by atoms with Crippen LogP contribution in [-0.4, -0.2) is 59.4 Å². The number of aromatic nitrogens is 2. The van der Waals surface area contributed by atoms with Gasteiger partial charge in [0.15, 0.2) is 9.84 Å². The minimum atomic E-state index is -3.28. The summed E-state index contributed by atoms with van der Waals surface area (Å²) in [4.78, 5) is 23.5. The molecular weight excluding hydrogens is 456 g/mol. The third kappa shape index (κ3) is 4.96. The van der Waals surface area contributed by atoms with Gasteiger partial charge in [0.2, 0.25) is 5.88 Å². The van der Waals surface area contributed by atoms with Crippen molar-refractivity contribution in [3.05, 3.63) is 35.7 Å². The summed E-state index contributed by atoms with van der Waals surface area (Å²) >= 11 is 0. The maximum absolute atomic E-state index is 12.7. The lowest BCUT2D eigenvalue weighted by Crippen LogP contribution is -2.42. The molecule has 4 rings (SSSR count). The standard InChI is InChI=1S/C24H32N4O5S/c1-14-11-17(34(6,30)31)8-9-18(14)27-21-15(2)22(26-13-25-21)32-20-12-16-7-10-19(20)28(16)23(29)33-24(3,4)5/h8-9,11,13,16,19-20H,7,10,12H2,1-6H3,(H,25,26,27)/t16?,19?,20-/m0/s1. The molecular formula is C24H32N4O5S. The van der Waals surface area contributed by atoms with Crippen LogP contribution in [0.1, 0.15) is 51.2 Å². The van der Waals surface area contributed by atoms with Crippen LogP contribution >= 0.6 is 0 Å². The number of rotatable bonds is 5. The van der Waals surface area contributed by atoms with Crippen molar-refractivity contribution in [1.82, 2.24) is 14.9 Å². The predicted octanol–water partition coefficient (Wildman–Crippen LogP) is 4.16. The van der Waals surface area contributed by atoms with Crippen LogP contribution in [0.5, 0.6) is 5.88 Å². The maximum Gasteiger partial charge on any atom is 0.410 e. The number of amides is 1. The molecule has 2 aliphatic rings. The molecule has 1 aromatic carbocycles. The van der Waals surface area contributed by atoms with Crippen LogP contribution in [0.25, 0.3) is 0 Å². The minimum Gasteiger partial charge on any atom is -0.472 e.